The summed E-state index contributed by atoms with van der Waals surface area (Å²) in [6.45, 7) is 14.3. The molecule has 4 atom stereocenters. The van der Waals surface area contributed by atoms with Gasteiger partial charge in [0.05, 0.1) is 0 Å². The van der Waals surface area contributed by atoms with Crippen molar-refractivity contribution < 1.29 is 0 Å². The molecule has 4 heteroatoms. The van der Waals surface area contributed by atoms with Gasteiger partial charge < -0.3 is 0 Å². The molecule has 326 valence electrons. The summed E-state index contributed by atoms with van der Waals surface area (Å²) in [7, 11) is 0. The van der Waals surface area contributed by atoms with Gasteiger partial charge in [0.15, 0.2) is 0 Å². The van der Waals surface area contributed by atoms with Gasteiger partial charge >= 0.3 is 0 Å². The van der Waals surface area contributed by atoms with E-state index < -0.39 is 0 Å². The highest BCUT2D eigenvalue weighted by atomic mass is 79.9. The Hall–Kier alpha value is 1.92. The van der Waals surface area contributed by atoms with Crippen molar-refractivity contribution in [1.82, 2.24) is 0 Å². The molecule has 0 nitrogen and oxygen atoms in total. The van der Waals surface area contributed by atoms with Crippen LogP contribution < -0.4 is 0 Å². The fourth-order valence-corrected chi connectivity index (χ4v) is 15.8. The Morgan fingerprint density at radius 2 is 0.444 bits per heavy atom. The number of hydrogen-bond acceptors (Lipinski definition) is 0. The third kappa shape index (κ3) is 23.1. The summed E-state index contributed by atoms with van der Waals surface area (Å²) < 4.78 is 0. The number of halogens is 4. The van der Waals surface area contributed by atoms with Crippen LogP contribution in [0.25, 0.3) is 0 Å². The summed E-state index contributed by atoms with van der Waals surface area (Å²) in [6.07, 6.45) is 52.3. The van der Waals surface area contributed by atoms with E-state index in [4.69, 9.17) is 31.9 Å². The van der Waals surface area contributed by atoms with E-state index in [1.54, 1.807) is 0 Å². The van der Waals surface area contributed by atoms with E-state index >= 15 is 0 Å². The van der Waals surface area contributed by atoms with Gasteiger partial charge in [-0.2, -0.15) is 0 Å². The topological polar surface area (TPSA) is 0 Å². The van der Waals surface area contributed by atoms with Crippen LogP contribution in [-0.2, 0) is 0 Å². The Balaban J connectivity index is 6.83. The molecule has 54 heavy (non-hydrogen) atoms. The second kappa shape index (κ2) is 39.1. The summed E-state index contributed by atoms with van der Waals surface area (Å²) in [5.41, 5.74) is 0.373. The summed E-state index contributed by atoms with van der Waals surface area (Å²) >= 11 is 18.8. The smallest absolute Gasteiger partial charge is 0.0219 e. The molecule has 0 aliphatic heterocycles. The van der Waals surface area contributed by atoms with Crippen molar-refractivity contribution in [2.24, 2.45) is 10.8 Å². The third-order valence-electron chi connectivity index (χ3n) is 13.2. The zero-order valence-electron chi connectivity index (χ0n) is 37.7. The largest absolute Gasteiger partial charge is 0.0884 e. The molecular weight excluding hydrogens is 920 g/mol. The lowest BCUT2D eigenvalue weighted by atomic mass is 9.51. The molecule has 0 bridgehead atoms. The summed E-state index contributed by atoms with van der Waals surface area (Å²) in [5, 5.41) is 0. The second-order valence-corrected chi connectivity index (χ2v) is 22.2. The van der Waals surface area contributed by atoms with Gasteiger partial charge in [-0.15, -0.1) is 0 Å². The molecule has 0 heterocycles. The maximum absolute atomic E-state index is 4.71. The molecule has 0 saturated heterocycles. The van der Waals surface area contributed by atoms with Gasteiger partial charge in [-0.05, 0) is 38.5 Å². The Kier molecular flexibility index (Phi) is 40.5. The van der Waals surface area contributed by atoms with E-state index in [9.17, 15) is 0 Å². The fraction of sp³-hybridized carbons (Fsp3) is 1.00. The summed E-state index contributed by atoms with van der Waals surface area (Å²) in [4.78, 5) is 2.11. The maximum Gasteiger partial charge on any atom is 0.0219 e. The van der Waals surface area contributed by atoms with E-state index in [-0.39, 0.29) is 10.8 Å². The Bertz CT molecular complexity index is 715. The van der Waals surface area contributed by atoms with E-state index in [2.05, 4.69) is 73.4 Å². The SMILES string of the molecule is CCCCCCCCCCCCCC(C(Br)CCCCCCC)(C(Br)CCCCCCC)C(CCC)(C(Br)CCCCCCC)C(Br)CCCCCCC. The summed E-state index contributed by atoms with van der Waals surface area (Å²) in [6, 6.07) is 0. The van der Waals surface area contributed by atoms with Crippen LogP contribution in [-0.4, -0.2) is 19.3 Å². The molecule has 0 spiro atoms. The zero-order chi connectivity index (χ0) is 40.2. The molecule has 0 fully saturated rings. The Labute approximate surface area is 376 Å². The van der Waals surface area contributed by atoms with Crippen molar-refractivity contribution in [3.8, 4) is 0 Å². The summed E-state index contributed by atoms with van der Waals surface area (Å²) in [5.74, 6) is 0. The number of hydrogen-bond donors (Lipinski definition) is 0. The minimum absolute atomic E-state index is 0.185. The van der Waals surface area contributed by atoms with E-state index in [0.29, 0.717) is 19.3 Å². The van der Waals surface area contributed by atoms with Gasteiger partial charge in [-0.3, -0.25) is 0 Å². The number of alkyl halides is 4. The highest BCUT2D eigenvalue weighted by Gasteiger charge is 2.62. The molecule has 0 aromatic rings. The first kappa shape index (κ1) is 55.9. The average Bonchev–Trinajstić information content (AvgIpc) is 3.17. The average molecular weight is 1020 g/mol. The molecule has 0 aliphatic carbocycles. The second-order valence-electron chi connectivity index (χ2n) is 17.8. The van der Waals surface area contributed by atoms with E-state index in [1.807, 2.05) is 0 Å². The first-order chi connectivity index (χ1) is 26.3. The van der Waals surface area contributed by atoms with Crippen molar-refractivity contribution in [2.75, 3.05) is 0 Å². The van der Waals surface area contributed by atoms with Crippen molar-refractivity contribution in [1.29, 1.82) is 0 Å². The van der Waals surface area contributed by atoms with Crippen LogP contribution in [0.1, 0.15) is 286 Å². The molecule has 0 radical (unpaired) electrons. The van der Waals surface area contributed by atoms with Gasteiger partial charge in [0.2, 0.25) is 0 Å². The van der Waals surface area contributed by atoms with E-state index in [0.717, 1.165) is 0 Å². The normalized spacial score (nSPS) is 16.6. The van der Waals surface area contributed by atoms with Crippen LogP contribution >= 0.6 is 63.7 Å². The van der Waals surface area contributed by atoms with Crippen LogP contribution in [0.15, 0.2) is 0 Å². The molecule has 0 N–H and O–H groups in total. The quantitative estimate of drug-likeness (QED) is 0.0422. The molecule has 0 aromatic carbocycles. The Morgan fingerprint density at radius 3 is 0.685 bits per heavy atom. The predicted octanol–water partition coefficient (Wildman–Crippen LogP) is 21.0. The predicted molar refractivity (Wildman–Crippen MR) is 265 cm³/mol. The zero-order valence-corrected chi connectivity index (χ0v) is 44.0. The van der Waals surface area contributed by atoms with Gasteiger partial charge in [-0.25, -0.2) is 0 Å². The van der Waals surface area contributed by atoms with Crippen molar-refractivity contribution in [2.45, 2.75) is 305 Å². The van der Waals surface area contributed by atoms with Gasteiger partial charge in [0.25, 0.3) is 0 Å². The minimum atomic E-state index is 0.185. The molecular formula is C50H98Br4. The standard InChI is InChI=1S/C50H98Br4/c1-7-13-18-23-24-25-26-27-28-33-38-44-50(47(53)41-36-31-21-16-10-4,48(54)42-37-32-22-17-11-5)49(43-12-6,45(51)39-34-29-19-14-8-2)46(52)40-35-30-20-15-9-3/h45-48H,7-44H2,1-6H3. The monoisotopic (exact) mass is 1010 g/mol. The van der Waals surface area contributed by atoms with Gasteiger partial charge in [-0.1, -0.05) is 311 Å². The van der Waals surface area contributed by atoms with Crippen LogP contribution in [0.4, 0.5) is 0 Å². The van der Waals surface area contributed by atoms with Crippen LogP contribution in [0, 0.1) is 10.8 Å². The lowest BCUT2D eigenvalue weighted by Gasteiger charge is -2.61. The van der Waals surface area contributed by atoms with Crippen LogP contribution in [0.2, 0.25) is 0 Å². The molecule has 0 rings (SSSR count). The van der Waals surface area contributed by atoms with E-state index in [1.165, 1.54) is 244 Å². The number of rotatable bonds is 43. The van der Waals surface area contributed by atoms with Crippen molar-refractivity contribution in [3.63, 3.8) is 0 Å². The van der Waals surface area contributed by atoms with Crippen molar-refractivity contribution >= 4 is 63.7 Å². The van der Waals surface area contributed by atoms with Crippen LogP contribution in [0.3, 0.4) is 0 Å². The molecule has 0 aromatic heterocycles. The van der Waals surface area contributed by atoms with Gasteiger partial charge in [0.1, 0.15) is 0 Å². The highest BCUT2D eigenvalue weighted by molar-refractivity contribution is 9.10. The van der Waals surface area contributed by atoms with Crippen LogP contribution in [0.5, 0.6) is 0 Å². The maximum atomic E-state index is 4.71. The molecule has 4 unspecified atom stereocenters. The molecule has 0 aliphatic rings. The molecule has 0 amide bonds. The van der Waals surface area contributed by atoms with Crippen molar-refractivity contribution in [3.05, 3.63) is 0 Å². The van der Waals surface area contributed by atoms with Gasteiger partial charge in [0, 0.05) is 30.1 Å². The lowest BCUT2D eigenvalue weighted by molar-refractivity contribution is -0.00185. The third-order valence-corrected chi connectivity index (χ3v) is 18.3. The minimum Gasteiger partial charge on any atom is -0.0884 e. The number of unbranched alkanes of at least 4 members (excludes halogenated alkanes) is 26. The fourth-order valence-electron chi connectivity index (χ4n) is 9.88. The molecule has 0 saturated carbocycles. The Morgan fingerprint density at radius 1 is 0.241 bits per heavy atom. The first-order valence-corrected chi connectivity index (χ1v) is 28.5. The highest BCUT2D eigenvalue weighted by Crippen LogP contribution is 2.65. The first-order valence-electron chi connectivity index (χ1n) is 24.9. The lowest BCUT2D eigenvalue weighted by Crippen LogP contribution is -2.61.